The number of fused-ring (bicyclic) bond motifs is 1. The van der Waals surface area contributed by atoms with E-state index in [4.69, 9.17) is 20.8 Å². The highest BCUT2D eigenvalue weighted by Crippen LogP contribution is 2.39. The number of hydrogen-bond acceptors (Lipinski definition) is 6. The van der Waals surface area contributed by atoms with Crippen molar-refractivity contribution < 1.29 is 23.5 Å². The number of piperidine rings is 1. The molecule has 4 rings (SSSR count). The summed E-state index contributed by atoms with van der Waals surface area (Å²) >= 11 is 5.50. The van der Waals surface area contributed by atoms with Crippen molar-refractivity contribution in [3.8, 4) is 5.75 Å². The molecule has 33 heavy (non-hydrogen) atoms. The van der Waals surface area contributed by atoms with Gasteiger partial charge in [-0.25, -0.2) is 11.8 Å². The molecule has 1 aromatic heterocycles. The van der Waals surface area contributed by atoms with Crippen LogP contribution in [0, 0.1) is 0 Å². The number of imide groups is 1. The van der Waals surface area contributed by atoms with Gasteiger partial charge in [0.15, 0.2) is 5.76 Å². The van der Waals surface area contributed by atoms with Crippen molar-refractivity contribution >= 4 is 51.3 Å². The third-order valence-corrected chi connectivity index (χ3v) is 8.29. The van der Waals surface area contributed by atoms with E-state index in [-0.39, 0.29) is 24.3 Å². The molecule has 0 aliphatic carbocycles. The van der Waals surface area contributed by atoms with Crippen LogP contribution in [0.15, 0.2) is 16.5 Å². The highest BCUT2D eigenvalue weighted by Gasteiger charge is 2.35. The molecule has 2 aliphatic rings. The van der Waals surface area contributed by atoms with Gasteiger partial charge < -0.3 is 14.1 Å². The Bertz CT molecular complexity index is 1090. The highest BCUT2D eigenvalue weighted by molar-refractivity contribution is 8.15. The molecule has 3 heterocycles. The average Bonchev–Trinajstić information content (AvgIpc) is 3.14. The van der Waals surface area contributed by atoms with Crippen LogP contribution in [-0.4, -0.2) is 64.3 Å². The van der Waals surface area contributed by atoms with Crippen molar-refractivity contribution in [1.29, 1.82) is 0 Å². The van der Waals surface area contributed by atoms with E-state index in [1.807, 2.05) is 13.8 Å². The Morgan fingerprint density at radius 2 is 1.85 bits per heavy atom. The number of carbonyl (C=O) groups is 3. The molecule has 2 amide bonds. The number of halogens is 1. The van der Waals surface area contributed by atoms with Crippen LogP contribution in [0.1, 0.15) is 62.6 Å². The van der Waals surface area contributed by atoms with Crippen LogP contribution in [0.3, 0.4) is 0 Å². The molecule has 2 aliphatic heterocycles. The molecular weight excluding hydrogens is 464 g/mol. The summed E-state index contributed by atoms with van der Waals surface area (Å²) in [5, 5.41) is 0.787. The second kappa shape index (κ2) is 9.68. The number of furan rings is 1. The number of amides is 2. The predicted molar refractivity (Wildman–Crippen MR) is 135 cm³/mol. The summed E-state index contributed by atoms with van der Waals surface area (Å²) in [5.74, 6) is -0.0658. The van der Waals surface area contributed by atoms with Gasteiger partial charge in [0.05, 0.1) is 5.02 Å². The Kier molecular flexibility index (Phi) is 7.07. The van der Waals surface area contributed by atoms with Gasteiger partial charge in [-0.05, 0) is 44.4 Å². The molecule has 1 aromatic carbocycles. The lowest BCUT2D eigenvalue weighted by molar-refractivity contribution is -0.138. The maximum Gasteiger partial charge on any atom is 0.304 e. The number of carbonyl (C=O) groups excluding carboxylic acids is 3. The van der Waals surface area contributed by atoms with Crippen molar-refractivity contribution in [2.75, 3.05) is 25.4 Å². The lowest BCUT2D eigenvalue weighted by Gasteiger charge is -2.34. The van der Waals surface area contributed by atoms with Crippen molar-refractivity contribution in [3.05, 3.63) is 28.5 Å². The molecule has 9 heteroatoms. The van der Waals surface area contributed by atoms with Gasteiger partial charge in [-0.15, -0.1) is 0 Å². The second-order valence-corrected chi connectivity index (χ2v) is 11.8. The molecule has 2 saturated heterocycles. The van der Waals surface area contributed by atoms with Gasteiger partial charge in [0, 0.05) is 42.7 Å². The van der Waals surface area contributed by atoms with E-state index in [9.17, 15) is 14.4 Å². The zero-order valence-corrected chi connectivity index (χ0v) is 21.8. The maximum absolute atomic E-state index is 13.2. The van der Waals surface area contributed by atoms with E-state index in [0.29, 0.717) is 33.7 Å². The molecule has 2 fully saturated rings. The van der Waals surface area contributed by atoms with Crippen LogP contribution in [-0.2, 0) is 9.59 Å². The molecule has 0 bridgehead atoms. The van der Waals surface area contributed by atoms with E-state index in [0.717, 1.165) is 36.2 Å². The fraction of sp³-hybridized carbons (Fsp3) is 0.542. The molecule has 182 valence electrons. The van der Waals surface area contributed by atoms with Gasteiger partial charge in [0.1, 0.15) is 17.4 Å². The number of hydrogen-bond donors (Lipinski definition) is 0. The normalized spacial score (nSPS) is 18.9. The van der Waals surface area contributed by atoms with Crippen molar-refractivity contribution in [1.82, 2.24) is 9.80 Å². The molecule has 0 atom stereocenters. The standard InChI is InChI=1S/C24H33ClN2O5S/c1-13(2)20-16-11-17(25)19(31-15-5-7-26(8-6-15)14(3)4)12-18(16)32-21(20)22(28)27-9-10-33-24(30)23(27)29/h11-15H,5-10H2,1-4H3,33H4. The first-order valence-electron chi connectivity index (χ1n) is 11.7. The van der Waals surface area contributed by atoms with Crippen LogP contribution in [0.2, 0.25) is 5.02 Å². The summed E-state index contributed by atoms with van der Waals surface area (Å²) < 4.78 is 12.2. The minimum Gasteiger partial charge on any atom is -0.489 e. The van der Waals surface area contributed by atoms with Crippen LogP contribution in [0.25, 0.3) is 11.0 Å². The van der Waals surface area contributed by atoms with E-state index in [1.165, 1.54) is 0 Å². The molecule has 0 saturated carbocycles. The SMILES string of the molecule is CC(C)c1c(C(=O)N2CC[SH4]C(=O)C2=O)oc2cc(OC3CCN(C(C)C)CC3)c(Cl)cc12. The van der Waals surface area contributed by atoms with E-state index in [1.54, 1.807) is 12.1 Å². The molecule has 2 aromatic rings. The Balaban J connectivity index is 1.63. The zero-order chi connectivity index (χ0) is 23.9. The van der Waals surface area contributed by atoms with Crippen LogP contribution in [0.4, 0.5) is 0 Å². The van der Waals surface area contributed by atoms with Crippen LogP contribution in [0.5, 0.6) is 5.75 Å². The third-order valence-electron chi connectivity index (χ3n) is 6.57. The monoisotopic (exact) mass is 496 g/mol. The molecule has 0 unspecified atom stereocenters. The number of nitrogens with zero attached hydrogens (tertiary/aromatic N) is 2. The van der Waals surface area contributed by atoms with Gasteiger partial charge in [-0.1, -0.05) is 25.4 Å². The van der Waals surface area contributed by atoms with Gasteiger partial charge in [0.2, 0.25) is 5.12 Å². The Morgan fingerprint density at radius 1 is 1.15 bits per heavy atom. The minimum absolute atomic E-state index is 0.0432. The first-order chi connectivity index (χ1) is 15.7. The van der Waals surface area contributed by atoms with Gasteiger partial charge in [-0.2, -0.15) is 0 Å². The molecule has 0 radical (unpaired) electrons. The molecule has 0 N–H and O–H groups in total. The first kappa shape index (κ1) is 24.1. The van der Waals surface area contributed by atoms with E-state index in [2.05, 4.69) is 18.7 Å². The Morgan fingerprint density at radius 3 is 2.48 bits per heavy atom. The summed E-state index contributed by atoms with van der Waals surface area (Å²) in [4.78, 5) is 40.9. The predicted octanol–water partition coefficient (Wildman–Crippen LogP) is 3.63. The average molecular weight is 497 g/mol. The van der Waals surface area contributed by atoms with Gasteiger partial charge in [0.25, 0.3) is 5.91 Å². The van der Waals surface area contributed by atoms with Gasteiger partial charge in [-0.3, -0.25) is 19.3 Å². The second-order valence-electron chi connectivity index (χ2n) is 9.51. The summed E-state index contributed by atoms with van der Waals surface area (Å²) in [6.07, 6.45) is 1.90. The number of ether oxygens (including phenoxy) is 1. The Hall–Kier alpha value is -2.03. The minimum atomic E-state index is -1.09. The molecule has 7 nitrogen and oxygen atoms in total. The fourth-order valence-corrected chi connectivity index (χ4v) is 6.11. The van der Waals surface area contributed by atoms with E-state index >= 15 is 0 Å². The largest absolute Gasteiger partial charge is 0.489 e. The smallest absolute Gasteiger partial charge is 0.304 e. The molecule has 0 spiro atoms. The van der Waals surface area contributed by atoms with Crippen LogP contribution < -0.4 is 4.74 Å². The summed E-state index contributed by atoms with van der Waals surface area (Å²) in [7, 11) is 0. The number of likely N-dealkylation sites (tertiary alicyclic amines) is 1. The number of rotatable bonds is 5. The first-order valence-corrected chi connectivity index (χ1v) is 13.8. The fourth-order valence-electron chi connectivity index (χ4n) is 4.70. The third kappa shape index (κ3) is 4.79. The van der Waals surface area contributed by atoms with E-state index < -0.39 is 28.7 Å². The summed E-state index contributed by atoms with van der Waals surface area (Å²) in [6.45, 7) is 10.5. The highest BCUT2D eigenvalue weighted by atomic mass is 35.5. The van der Waals surface area contributed by atoms with Crippen LogP contribution >= 0.6 is 23.4 Å². The maximum atomic E-state index is 13.2. The van der Waals surface area contributed by atoms with Crippen molar-refractivity contribution in [2.45, 2.75) is 58.6 Å². The number of benzene rings is 1. The summed E-state index contributed by atoms with van der Waals surface area (Å²) in [6, 6.07) is 4.04. The Labute approximate surface area is 202 Å². The zero-order valence-electron chi connectivity index (χ0n) is 19.7. The van der Waals surface area contributed by atoms with Crippen molar-refractivity contribution in [3.63, 3.8) is 0 Å². The molecular formula is C24H33ClN2O5S. The lowest BCUT2D eigenvalue weighted by Crippen LogP contribution is -2.45. The lowest BCUT2D eigenvalue weighted by atomic mass is 9.98. The van der Waals surface area contributed by atoms with Gasteiger partial charge >= 0.3 is 5.91 Å². The quantitative estimate of drug-likeness (QED) is 0.464. The topological polar surface area (TPSA) is 80.1 Å². The summed E-state index contributed by atoms with van der Waals surface area (Å²) in [5.41, 5.74) is 1.18. The van der Waals surface area contributed by atoms with Crippen molar-refractivity contribution in [2.24, 2.45) is 0 Å².